The highest BCUT2D eigenvalue weighted by molar-refractivity contribution is 6.31. The Morgan fingerprint density at radius 1 is 1.26 bits per heavy atom. The molecule has 2 N–H and O–H groups in total. The van der Waals surface area contributed by atoms with Crippen molar-refractivity contribution in [3.8, 4) is 11.8 Å². The lowest BCUT2D eigenvalue weighted by atomic mass is 10.1. The largest absolute Gasteiger partial charge is 0.341 e. The number of halogens is 1. The Kier molecular flexibility index (Phi) is 5.90. The summed E-state index contributed by atoms with van der Waals surface area (Å²) in [5, 5.41) is 0.505. The fraction of sp³-hybridized carbons (Fsp3) is 0.409. The Bertz CT molecular complexity index is 1310. The Labute approximate surface area is 184 Å². The Hall–Kier alpha value is -3.02. The summed E-state index contributed by atoms with van der Waals surface area (Å²) in [6, 6.07) is 7.22. The molecule has 1 saturated heterocycles. The summed E-state index contributed by atoms with van der Waals surface area (Å²) in [5.41, 5.74) is 6.73. The van der Waals surface area contributed by atoms with Crippen LogP contribution in [0.2, 0.25) is 5.02 Å². The van der Waals surface area contributed by atoms with Crippen LogP contribution >= 0.6 is 11.6 Å². The number of benzene rings is 1. The number of hydrogen-bond acceptors (Lipinski definition) is 5. The van der Waals surface area contributed by atoms with Gasteiger partial charge in [-0.3, -0.25) is 18.5 Å². The van der Waals surface area contributed by atoms with E-state index in [0.717, 1.165) is 19.4 Å². The number of aromatic nitrogens is 4. The Morgan fingerprint density at radius 3 is 2.74 bits per heavy atom. The smallest absolute Gasteiger partial charge is 0.332 e. The Balaban J connectivity index is 1.94. The summed E-state index contributed by atoms with van der Waals surface area (Å²) in [6.07, 6.45) is 1.90. The van der Waals surface area contributed by atoms with E-state index < -0.39 is 11.2 Å². The van der Waals surface area contributed by atoms with E-state index in [1.165, 1.54) is 9.13 Å². The third-order valence-corrected chi connectivity index (χ3v) is 6.02. The van der Waals surface area contributed by atoms with Crippen molar-refractivity contribution in [2.45, 2.75) is 38.9 Å². The number of nitrogens with zero attached hydrogens (tertiary/aromatic N) is 5. The summed E-state index contributed by atoms with van der Waals surface area (Å²) in [5.74, 6) is 6.53. The molecule has 2 aromatic heterocycles. The highest BCUT2D eigenvalue weighted by Crippen LogP contribution is 2.23. The molecule has 0 spiro atoms. The van der Waals surface area contributed by atoms with Gasteiger partial charge < -0.3 is 10.6 Å². The second-order valence-corrected chi connectivity index (χ2v) is 8.18. The lowest BCUT2D eigenvalue weighted by Gasteiger charge is -2.31. The van der Waals surface area contributed by atoms with Gasteiger partial charge in [0.2, 0.25) is 5.95 Å². The van der Waals surface area contributed by atoms with Gasteiger partial charge in [-0.15, -0.1) is 5.92 Å². The third kappa shape index (κ3) is 3.87. The van der Waals surface area contributed by atoms with E-state index in [1.54, 1.807) is 30.7 Å². The number of piperidine rings is 1. The fourth-order valence-corrected chi connectivity index (χ4v) is 4.23. The third-order valence-electron chi connectivity index (χ3n) is 5.65. The van der Waals surface area contributed by atoms with E-state index in [1.807, 2.05) is 12.1 Å². The minimum absolute atomic E-state index is 0.0416. The zero-order chi connectivity index (χ0) is 22.1. The van der Waals surface area contributed by atoms with Crippen LogP contribution in [0.5, 0.6) is 0 Å². The normalized spacial score (nSPS) is 16.4. The van der Waals surface area contributed by atoms with Crippen LogP contribution in [0.4, 0.5) is 5.95 Å². The minimum atomic E-state index is -0.439. The average Bonchev–Trinajstić information content (AvgIpc) is 3.14. The van der Waals surface area contributed by atoms with Crippen LogP contribution in [0.1, 0.15) is 25.3 Å². The summed E-state index contributed by atoms with van der Waals surface area (Å²) in [4.78, 5) is 33.3. The quantitative estimate of drug-likeness (QED) is 0.621. The van der Waals surface area contributed by atoms with Gasteiger partial charge in [0.1, 0.15) is 0 Å². The van der Waals surface area contributed by atoms with Gasteiger partial charge in [-0.2, -0.15) is 4.98 Å². The van der Waals surface area contributed by atoms with Gasteiger partial charge in [-0.05, 0) is 31.4 Å². The van der Waals surface area contributed by atoms with E-state index in [-0.39, 0.29) is 12.6 Å². The van der Waals surface area contributed by atoms with E-state index in [4.69, 9.17) is 22.3 Å². The summed E-state index contributed by atoms with van der Waals surface area (Å²) >= 11 is 6.28. The van der Waals surface area contributed by atoms with E-state index in [2.05, 4.69) is 16.7 Å². The van der Waals surface area contributed by atoms with Crippen molar-refractivity contribution < 1.29 is 0 Å². The first-order valence-electron chi connectivity index (χ1n) is 10.3. The molecule has 0 aliphatic carbocycles. The maximum Gasteiger partial charge on any atom is 0.332 e. The van der Waals surface area contributed by atoms with Crippen molar-refractivity contribution in [2.24, 2.45) is 12.8 Å². The van der Waals surface area contributed by atoms with E-state index in [0.29, 0.717) is 40.8 Å². The number of rotatable bonds is 4. The summed E-state index contributed by atoms with van der Waals surface area (Å²) in [6.45, 7) is 3.56. The molecule has 1 fully saturated rings. The second-order valence-electron chi connectivity index (χ2n) is 7.77. The molecule has 1 atom stereocenters. The molecule has 1 aliphatic heterocycles. The zero-order valence-corrected chi connectivity index (χ0v) is 18.4. The van der Waals surface area contributed by atoms with Crippen LogP contribution in [0, 0.1) is 11.8 Å². The first-order valence-corrected chi connectivity index (χ1v) is 10.6. The molecule has 1 aliphatic rings. The van der Waals surface area contributed by atoms with E-state index in [9.17, 15) is 9.59 Å². The van der Waals surface area contributed by atoms with Gasteiger partial charge in [0, 0.05) is 31.2 Å². The number of anilines is 1. The number of hydrogen-bond donors (Lipinski definition) is 1. The standard InChI is InChI=1S/C22H25ClN6O2/c1-3-4-12-28-18-19(25-21(28)27-11-7-9-16(24)14-27)26(2)22(31)29(20(18)30)13-15-8-5-6-10-17(15)23/h5-6,8,10,16H,7,9,11-14,24H2,1-2H3/t16-/m1/s1. The number of nitrogens with two attached hydrogens (primary N) is 1. The maximum absolute atomic E-state index is 13.5. The molecule has 8 nitrogen and oxygen atoms in total. The second kappa shape index (κ2) is 8.61. The molecule has 0 amide bonds. The van der Waals surface area contributed by atoms with Crippen molar-refractivity contribution in [3.63, 3.8) is 0 Å². The topological polar surface area (TPSA) is 91.1 Å². The molecule has 4 rings (SSSR count). The van der Waals surface area contributed by atoms with Gasteiger partial charge >= 0.3 is 5.69 Å². The summed E-state index contributed by atoms with van der Waals surface area (Å²) < 4.78 is 4.42. The average molecular weight is 441 g/mol. The molecule has 3 aromatic rings. The lowest BCUT2D eigenvalue weighted by Crippen LogP contribution is -2.44. The molecule has 162 valence electrons. The predicted molar refractivity (Wildman–Crippen MR) is 123 cm³/mol. The first-order chi connectivity index (χ1) is 14.9. The van der Waals surface area contributed by atoms with Gasteiger partial charge in [0.05, 0.1) is 13.1 Å². The fourth-order valence-electron chi connectivity index (χ4n) is 4.04. The highest BCUT2D eigenvalue weighted by atomic mass is 35.5. The van der Waals surface area contributed by atoms with Crippen LogP contribution in [0.3, 0.4) is 0 Å². The molecule has 0 radical (unpaired) electrons. The molecule has 0 bridgehead atoms. The van der Waals surface area contributed by atoms with Gasteiger partial charge in [0.25, 0.3) is 5.56 Å². The van der Waals surface area contributed by atoms with Crippen LogP contribution in [0.15, 0.2) is 33.9 Å². The molecular weight excluding hydrogens is 416 g/mol. The lowest BCUT2D eigenvalue weighted by molar-refractivity contribution is 0.496. The molecule has 3 heterocycles. The number of imidazole rings is 1. The molecular formula is C22H25ClN6O2. The van der Waals surface area contributed by atoms with Crippen molar-refractivity contribution in [1.29, 1.82) is 0 Å². The van der Waals surface area contributed by atoms with Crippen molar-refractivity contribution in [2.75, 3.05) is 18.0 Å². The van der Waals surface area contributed by atoms with Crippen LogP contribution in [0.25, 0.3) is 11.2 Å². The van der Waals surface area contributed by atoms with E-state index >= 15 is 0 Å². The maximum atomic E-state index is 13.5. The minimum Gasteiger partial charge on any atom is -0.341 e. The Morgan fingerprint density at radius 2 is 2.03 bits per heavy atom. The molecule has 0 unspecified atom stereocenters. The predicted octanol–water partition coefficient (Wildman–Crippen LogP) is 1.55. The van der Waals surface area contributed by atoms with Gasteiger partial charge in [0.15, 0.2) is 11.2 Å². The van der Waals surface area contributed by atoms with Crippen molar-refractivity contribution >= 4 is 28.7 Å². The van der Waals surface area contributed by atoms with Crippen molar-refractivity contribution in [3.05, 3.63) is 55.7 Å². The van der Waals surface area contributed by atoms with Crippen LogP contribution in [-0.4, -0.2) is 37.8 Å². The monoisotopic (exact) mass is 440 g/mol. The summed E-state index contributed by atoms with van der Waals surface area (Å²) in [7, 11) is 1.63. The molecule has 31 heavy (non-hydrogen) atoms. The number of fused-ring (bicyclic) bond motifs is 1. The highest BCUT2D eigenvalue weighted by Gasteiger charge is 2.26. The van der Waals surface area contributed by atoms with Gasteiger partial charge in [-0.25, -0.2) is 4.79 Å². The van der Waals surface area contributed by atoms with Crippen LogP contribution < -0.4 is 21.9 Å². The molecule has 0 saturated carbocycles. The SMILES string of the molecule is CC#CCn1c(N2CCC[C@@H](N)C2)nc2c1c(=O)n(Cc1ccccc1Cl)c(=O)n2C. The first kappa shape index (κ1) is 21.2. The molecule has 9 heteroatoms. The zero-order valence-electron chi connectivity index (χ0n) is 17.6. The number of aryl methyl sites for hydroxylation is 1. The molecule has 1 aromatic carbocycles. The van der Waals surface area contributed by atoms with Gasteiger partial charge in [-0.1, -0.05) is 35.7 Å². The van der Waals surface area contributed by atoms with Crippen molar-refractivity contribution in [1.82, 2.24) is 18.7 Å². The van der Waals surface area contributed by atoms with Crippen LogP contribution in [-0.2, 0) is 20.1 Å².